The molecule has 0 aromatic rings. The van der Waals surface area contributed by atoms with Crippen molar-refractivity contribution < 1.29 is 4.79 Å². The standard InChI is InChI=1S/C7H12NO.Na/c1-4-7(9)8-5-6(2)3;/h4-6H,1H2,2-3H3,(H,8,9);. The van der Waals surface area contributed by atoms with E-state index < -0.39 is 0 Å². The Morgan fingerprint density at radius 3 is 2.50 bits per heavy atom. The second-order valence-electron chi connectivity index (χ2n) is 2.75. The van der Waals surface area contributed by atoms with E-state index in [1.807, 2.05) is 0 Å². The van der Waals surface area contributed by atoms with Gasteiger partial charge < -0.3 is 0 Å². The average Bonchev–Trinajstić information content (AvgIpc) is 1.87. The summed E-state index contributed by atoms with van der Waals surface area (Å²) in [6.07, 6.45) is 1.31. The van der Waals surface area contributed by atoms with Crippen molar-refractivity contribution >= 4 is 33.8 Å². The van der Waals surface area contributed by atoms with E-state index in [1.165, 1.54) is 6.08 Å². The number of carbonyl (C=O) groups is 1. The molecule has 0 aliphatic carbocycles. The van der Waals surface area contributed by atoms with Crippen molar-refractivity contribution in [1.82, 2.24) is 5.32 Å². The van der Waals surface area contributed by atoms with Gasteiger partial charge in [0.2, 0.25) is 0 Å². The number of amides is 1. The van der Waals surface area contributed by atoms with Gasteiger partial charge in [-0.3, -0.25) is 0 Å². The van der Waals surface area contributed by atoms with Crippen molar-refractivity contribution in [3.63, 3.8) is 0 Å². The first-order chi connectivity index (χ1) is 4.57. The first kappa shape index (κ1) is 10.2. The quantitative estimate of drug-likeness (QED) is 0.458. The zero-order valence-electron chi connectivity index (χ0n) is 6.85. The van der Waals surface area contributed by atoms with Gasteiger partial charge >= 0.3 is 79.7 Å². The predicted molar refractivity (Wildman–Crippen MR) is 42.7 cm³/mol. The average molecular weight is 149 g/mol. The van der Waals surface area contributed by atoms with Crippen LogP contribution in [0, 0.1) is 5.92 Å². The summed E-state index contributed by atoms with van der Waals surface area (Å²) in [5.41, 5.74) is 0. The SMILES string of the molecule is C=CC(=O)N[CH]([Na])C(C)C. The monoisotopic (exact) mass is 149 g/mol. The van der Waals surface area contributed by atoms with Gasteiger partial charge in [-0.15, -0.1) is 0 Å². The molecule has 0 aliphatic rings. The molecule has 0 saturated carbocycles. The second kappa shape index (κ2) is 4.94. The van der Waals surface area contributed by atoms with E-state index in [0.717, 1.165) is 27.9 Å². The maximum absolute atomic E-state index is 10.7. The molecular weight excluding hydrogens is 137 g/mol. The van der Waals surface area contributed by atoms with E-state index in [2.05, 4.69) is 25.7 Å². The summed E-state index contributed by atoms with van der Waals surface area (Å²) in [4.78, 5) is 10.7. The Morgan fingerprint density at radius 1 is 1.70 bits per heavy atom. The molecule has 1 unspecified atom stereocenters. The molecule has 1 N–H and O–H groups in total. The van der Waals surface area contributed by atoms with Crippen LogP contribution >= 0.6 is 0 Å². The first-order valence-corrected chi connectivity index (χ1v) is 4.66. The fourth-order valence-corrected chi connectivity index (χ4v) is 0.735. The minimum atomic E-state index is -0.0614. The normalized spacial score (nSPS) is 12.9. The molecule has 0 rings (SSSR count). The molecule has 1 amide bonds. The number of carbonyl (C=O) groups excluding carboxylic acids is 1. The van der Waals surface area contributed by atoms with E-state index in [-0.39, 0.29) is 5.91 Å². The molecule has 3 heteroatoms. The summed E-state index contributed by atoms with van der Waals surface area (Å²) in [6, 6.07) is 0. The van der Waals surface area contributed by atoms with Crippen LogP contribution in [0.3, 0.4) is 0 Å². The third kappa shape index (κ3) is 4.09. The molecule has 0 fully saturated rings. The minimum absolute atomic E-state index is 0.0614. The summed E-state index contributed by atoms with van der Waals surface area (Å²) in [5, 5.41) is 2.83. The van der Waals surface area contributed by atoms with E-state index >= 15 is 0 Å². The maximum atomic E-state index is 10.7. The van der Waals surface area contributed by atoms with Gasteiger partial charge in [0.15, 0.2) is 0 Å². The topological polar surface area (TPSA) is 29.1 Å². The molecule has 0 aromatic heterocycles. The van der Waals surface area contributed by atoms with Gasteiger partial charge in [-0.1, -0.05) is 0 Å². The molecule has 2 nitrogen and oxygen atoms in total. The molecule has 1 atom stereocenters. The number of rotatable bonds is 3. The van der Waals surface area contributed by atoms with Crippen molar-refractivity contribution in [2.45, 2.75) is 17.1 Å². The van der Waals surface area contributed by atoms with Crippen LogP contribution < -0.4 is 5.32 Å². The van der Waals surface area contributed by atoms with Gasteiger partial charge in [0.05, 0.1) is 0 Å². The van der Waals surface area contributed by atoms with Gasteiger partial charge in [-0.05, 0) is 0 Å². The zero-order valence-corrected chi connectivity index (χ0v) is 8.85. The van der Waals surface area contributed by atoms with E-state index in [1.54, 1.807) is 0 Å². The Morgan fingerprint density at radius 2 is 2.20 bits per heavy atom. The summed E-state index contributed by atoms with van der Waals surface area (Å²) in [6.45, 7) is 7.57. The second-order valence-corrected chi connectivity index (χ2v) is 3.99. The zero-order chi connectivity index (χ0) is 8.15. The third-order valence-corrected chi connectivity index (χ3v) is 3.18. The van der Waals surface area contributed by atoms with Crippen LogP contribution in [-0.4, -0.2) is 37.1 Å². The van der Waals surface area contributed by atoms with Gasteiger partial charge in [-0.25, -0.2) is 0 Å². The van der Waals surface area contributed by atoms with Crippen LogP contribution in [0.25, 0.3) is 0 Å². The van der Waals surface area contributed by atoms with Gasteiger partial charge in [0.25, 0.3) is 0 Å². The van der Waals surface area contributed by atoms with Crippen molar-refractivity contribution in [2.24, 2.45) is 5.92 Å². The fourth-order valence-electron chi connectivity index (χ4n) is 0.450. The van der Waals surface area contributed by atoms with Crippen molar-refractivity contribution in [3.8, 4) is 0 Å². The summed E-state index contributed by atoms with van der Waals surface area (Å²) in [5.74, 6) is 0.476. The van der Waals surface area contributed by atoms with Gasteiger partial charge in [-0.2, -0.15) is 0 Å². The molecule has 0 bridgehead atoms. The molecule has 10 heavy (non-hydrogen) atoms. The Balaban J connectivity index is 3.67. The molecule has 0 saturated heterocycles. The van der Waals surface area contributed by atoms with E-state index in [9.17, 15) is 4.79 Å². The van der Waals surface area contributed by atoms with Crippen LogP contribution in [0.1, 0.15) is 13.8 Å². The number of nitrogens with one attached hydrogen (secondary N) is 1. The molecule has 0 heterocycles. The fraction of sp³-hybridized carbons (Fsp3) is 0.571. The van der Waals surface area contributed by atoms with Crippen LogP contribution in [0.15, 0.2) is 12.7 Å². The Bertz CT molecular complexity index is 134. The first-order valence-electron chi connectivity index (χ1n) is 3.51. The van der Waals surface area contributed by atoms with Crippen LogP contribution in [0.4, 0.5) is 0 Å². The van der Waals surface area contributed by atoms with E-state index in [4.69, 9.17) is 0 Å². The van der Waals surface area contributed by atoms with Gasteiger partial charge in [0.1, 0.15) is 0 Å². The third-order valence-electron chi connectivity index (χ3n) is 1.56. The molecule has 0 aromatic carbocycles. The van der Waals surface area contributed by atoms with Crippen molar-refractivity contribution in [1.29, 1.82) is 0 Å². The van der Waals surface area contributed by atoms with Crippen LogP contribution in [0.5, 0.6) is 0 Å². The number of hydrogen-bond acceptors (Lipinski definition) is 1. The number of hydrogen-bond donors (Lipinski definition) is 1. The molecular formula is C7H12NNaO. The summed E-state index contributed by atoms with van der Waals surface area (Å²) in [7, 11) is 0. The van der Waals surface area contributed by atoms with E-state index in [0.29, 0.717) is 9.21 Å². The summed E-state index contributed by atoms with van der Waals surface area (Å²) >= 11 is 0.996. The Hall–Kier alpha value is 0.210. The Labute approximate surface area is 79.5 Å². The van der Waals surface area contributed by atoms with Gasteiger partial charge in [0, 0.05) is 0 Å². The van der Waals surface area contributed by atoms with Crippen LogP contribution in [0.2, 0.25) is 0 Å². The van der Waals surface area contributed by atoms with Crippen molar-refractivity contribution in [2.75, 3.05) is 0 Å². The molecule has 0 radical (unpaired) electrons. The van der Waals surface area contributed by atoms with Crippen LogP contribution in [-0.2, 0) is 4.79 Å². The predicted octanol–water partition coefficient (Wildman–Crippen LogP) is 0.439. The Kier molecular flexibility index (Phi) is 5.04. The summed E-state index contributed by atoms with van der Waals surface area (Å²) < 4.78 is 0.366. The van der Waals surface area contributed by atoms with Crippen molar-refractivity contribution in [3.05, 3.63) is 12.7 Å². The molecule has 0 aliphatic heterocycles. The molecule has 52 valence electrons. The molecule has 0 spiro atoms.